The summed E-state index contributed by atoms with van der Waals surface area (Å²) in [6, 6.07) is 14.9. The van der Waals surface area contributed by atoms with Crippen LogP contribution in [0.3, 0.4) is 0 Å². The van der Waals surface area contributed by atoms with E-state index in [0.717, 1.165) is 11.3 Å². The summed E-state index contributed by atoms with van der Waals surface area (Å²) in [6.45, 7) is 5.97. The maximum absolute atomic E-state index is 12.9. The maximum Gasteiger partial charge on any atom is 0.261 e. The van der Waals surface area contributed by atoms with E-state index in [2.05, 4.69) is 5.32 Å². The fourth-order valence-corrected chi connectivity index (χ4v) is 3.39. The lowest BCUT2D eigenvalue weighted by atomic mass is 9.89. The molecule has 0 fully saturated rings. The molecule has 3 rings (SSSR count). The van der Waals surface area contributed by atoms with Gasteiger partial charge in [-0.25, -0.2) is 0 Å². The van der Waals surface area contributed by atoms with Crippen molar-refractivity contribution in [2.75, 3.05) is 0 Å². The van der Waals surface area contributed by atoms with Crippen molar-refractivity contribution in [2.45, 2.75) is 51.4 Å². The summed E-state index contributed by atoms with van der Waals surface area (Å²) < 4.78 is 11.9. The molecular weight excluding hydrogens is 350 g/mol. The van der Waals surface area contributed by atoms with Gasteiger partial charge in [-0.15, -0.1) is 0 Å². The van der Waals surface area contributed by atoms with Crippen molar-refractivity contribution in [3.63, 3.8) is 0 Å². The van der Waals surface area contributed by atoms with Gasteiger partial charge in [-0.3, -0.25) is 4.79 Å². The summed E-state index contributed by atoms with van der Waals surface area (Å²) in [4.78, 5) is 12.9. The van der Waals surface area contributed by atoms with E-state index in [9.17, 15) is 4.79 Å². The minimum absolute atomic E-state index is 0.119. The summed E-state index contributed by atoms with van der Waals surface area (Å²) in [5, 5.41) is 3.63. The highest BCUT2D eigenvalue weighted by atomic mass is 35.5. The molecule has 0 aromatic heterocycles. The Hall–Kier alpha value is -2.20. The van der Waals surface area contributed by atoms with Gasteiger partial charge in [0.2, 0.25) is 0 Å². The monoisotopic (exact) mass is 373 g/mol. The number of ether oxygens (including phenoxy) is 2. The smallest absolute Gasteiger partial charge is 0.261 e. The third kappa shape index (κ3) is 4.13. The van der Waals surface area contributed by atoms with E-state index in [1.54, 1.807) is 12.1 Å². The number of halogens is 1. The maximum atomic E-state index is 12.9. The first-order valence-corrected chi connectivity index (χ1v) is 9.27. The van der Waals surface area contributed by atoms with Crippen molar-refractivity contribution in [2.24, 2.45) is 0 Å². The molecule has 26 heavy (non-hydrogen) atoms. The van der Waals surface area contributed by atoms with Crippen LogP contribution in [0.15, 0.2) is 48.5 Å². The van der Waals surface area contributed by atoms with E-state index >= 15 is 0 Å². The Labute approximate surface area is 159 Å². The molecule has 4 nitrogen and oxygen atoms in total. The van der Waals surface area contributed by atoms with Gasteiger partial charge in [-0.2, -0.15) is 0 Å². The number of para-hydroxylation sites is 2. The van der Waals surface area contributed by atoms with E-state index < -0.39 is 6.10 Å². The summed E-state index contributed by atoms with van der Waals surface area (Å²) in [5.74, 6) is 1.18. The average Bonchev–Trinajstić information content (AvgIpc) is 2.60. The molecule has 2 aromatic rings. The number of rotatable bonds is 5. The molecule has 0 spiro atoms. The predicted octanol–water partition coefficient (Wildman–Crippen LogP) is 4.92. The zero-order valence-electron chi connectivity index (χ0n) is 15.3. The van der Waals surface area contributed by atoms with Crippen LogP contribution in [-0.4, -0.2) is 17.6 Å². The Morgan fingerprint density at radius 3 is 2.69 bits per heavy atom. The number of hydrogen-bond donors (Lipinski definition) is 1. The molecule has 2 atom stereocenters. The Kier molecular flexibility index (Phi) is 5.42. The van der Waals surface area contributed by atoms with Crippen molar-refractivity contribution >= 4 is 17.5 Å². The number of carbonyl (C=O) groups excluding carboxylic acids is 1. The molecule has 2 aromatic carbocycles. The molecule has 5 heteroatoms. The first-order valence-electron chi connectivity index (χ1n) is 8.89. The highest BCUT2D eigenvalue weighted by molar-refractivity contribution is 6.32. The molecule has 0 bridgehead atoms. The summed E-state index contributed by atoms with van der Waals surface area (Å²) >= 11 is 6.15. The minimum Gasteiger partial charge on any atom is -0.487 e. The molecule has 0 aliphatic carbocycles. The number of hydrogen-bond acceptors (Lipinski definition) is 3. The fraction of sp³-hybridized carbons (Fsp3) is 0.381. The Balaban J connectivity index is 1.77. The lowest BCUT2D eigenvalue weighted by Crippen LogP contribution is -2.45. The summed E-state index contributed by atoms with van der Waals surface area (Å²) in [7, 11) is 0. The summed E-state index contributed by atoms with van der Waals surface area (Å²) in [5.41, 5.74) is 0.644. The topological polar surface area (TPSA) is 47.6 Å². The van der Waals surface area contributed by atoms with Crippen molar-refractivity contribution in [1.82, 2.24) is 5.32 Å². The Morgan fingerprint density at radius 1 is 1.27 bits per heavy atom. The quantitative estimate of drug-likeness (QED) is 0.809. The van der Waals surface area contributed by atoms with E-state index in [-0.39, 0.29) is 17.6 Å². The molecule has 0 saturated heterocycles. The van der Waals surface area contributed by atoms with Crippen LogP contribution in [0.5, 0.6) is 11.5 Å². The van der Waals surface area contributed by atoms with Crippen LogP contribution in [0.25, 0.3) is 0 Å². The highest BCUT2D eigenvalue weighted by Crippen LogP contribution is 2.39. The van der Waals surface area contributed by atoms with Gasteiger partial charge in [0.1, 0.15) is 17.1 Å². The van der Waals surface area contributed by atoms with Crippen LogP contribution in [0.4, 0.5) is 0 Å². The summed E-state index contributed by atoms with van der Waals surface area (Å²) in [6.07, 6.45) is 0.636. The normalized spacial score (nSPS) is 19.0. The van der Waals surface area contributed by atoms with Gasteiger partial charge in [0, 0.05) is 12.0 Å². The molecule has 138 valence electrons. The number of fused-ring (bicyclic) bond motifs is 1. The first-order chi connectivity index (χ1) is 12.4. The third-order valence-electron chi connectivity index (χ3n) is 4.46. The van der Waals surface area contributed by atoms with Crippen LogP contribution in [0, 0.1) is 0 Å². The molecule has 0 saturated carbocycles. The van der Waals surface area contributed by atoms with Crippen LogP contribution >= 0.6 is 11.6 Å². The van der Waals surface area contributed by atoms with E-state index in [1.165, 1.54) is 0 Å². The molecule has 0 unspecified atom stereocenters. The van der Waals surface area contributed by atoms with E-state index in [1.807, 2.05) is 57.2 Å². The molecule has 0 radical (unpaired) electrons. The zero-order chi connectivity index (χ0) is 18.7. The number of carbonyl (C=O) groups is 1. The van der Waals surface area contributed by atoms with Crippen molar-refractivity contribution in [3.8, 4) is 11.5 Å². The molecular formula is C21H24ClNO3. The van der Waals surface area contributed by atoms with Crippen molar-refractivity contribution in [3.05, 3.63) is 59.1 Å². The van der Waals surface area contributed by atoms with E-state index in [0.29, 0.717) is 23.6 Å². The van der Waals surface area contributed by atoms with Gasteiger partial charge < -0.3 is 14.8 Å². The van der Waals surface area contributed by atoms with Crippen LogP contribution < -0.4 is 14.8 Å². The van der Waals surface area contributed by atoms with Gasteiger partial charge in [-0.1, -0.05) is 48.9 Å². The molecule has 1 amide bonds. The second-order valence-electron chi connectivity index (χ2n) is 7.11. The second-order valence-corrected chi connectivity index (χ2v) is 7.52. The van der Waals surface area contributed by atoms with Crippen molar-refractivity contribution < 1.29 is 14.3 Å². The minimum atomic E-state index is -0.604. The van der Waals surface area contributed by atoms with Gasteiger partial charge in [0.15, 0.2) is 6.10 Å². The molecule has 1 N–H and O–H groups in total. The molecule has 1 aliphatic heterocycles. The third-order valence-corrected chi connectivity index (χ3v) is 4.77. The largest absolute Gasteiger partial charge is 0.487 e. The number of amides is 1. The Morgan fingerprint density at radius 2 is 1.96 bits per heavy atom. The van der Waals surface area contributed by atoms with Crippen LogP contribution in [0.1, 0.15) is 45.2 Å². The second kappa shape index (κ2) is 7.58. The lowest BCUT2D eigenvalue weighted by Gasteiger charge is -2.38. The average molecular weight is 374 g/mol. The van der Waals surface area contributed by atoms with Gasteiger partial charge in [-0.05, 0) is 38.5 Å². The highest BCUT2D eigenvalue weighted by Gasteiger charge is 2.35. The predicted molar refractivity (Wildman–Crippen MR) is 103 cm³/mol. The van der Waals surface area contributed by atoms with Gasteiger partial charge in [0.25, 0.3) is 5.91 Å². The fourth-order valence-electron chi connectivity index (χ4n) is 3.21. The van der Waals surface area contributed by atoms with Crippen LogP contribution in [-0.2, 0) is 4.79 Å². The SMILES string of the molecule is CC[C@@H](Oc1ccccc1Cl)C(=O)N[C@@H]1CC(C)(C)Oc2ccccc21. The lowest BCUT2D eigenvalue weighted by molar-refractivity contribution is -0.129. The first kappa shape index (κ1) is 18.6. The van der Waals surface area contributed by atoms with E-state index in [4.69, 9.17) is 21.1 Å². The zero-order valence-corrected chi connectivity index (χ0v) is 16.0. The van der Waals surface area contributed by atoms with Crippen molar-refractivity contribution in [1.29, 1.82) is 0 Å². The molecule has 1 heterocycles. The van der Waals surface area contributed by atoms with Crippen LogP contribution in [0.2, 0.25) is 5.02 Å². The van der Waals surface area contributed by atoms with Gasteiger partial charge in [0.05, 0.1) is 11.1 Å². The van der Waals surface area contributed by atoms with Gasteiger partial charge >= 0.3 is 0 Å². The molecule has 1 aliphatic rings. The standard InChI is InChI=1S/C21H24ClNO3/c1-4-17(25-19-12-8-6-10-15(19)22)20(24)23-16-13-21(2,3)26-18-11-7-5-9-14(16)18/h5-12,16-17H,4,13H2,1-3H3,(H,23,24)/t16-,17-/m1/s1. The number of benzene rings is 2. The number of nitrogens with one attached hydrogen (secondary N) is 1. The Bertz CT molecular complexity index is 790.